The van der Waals surface area contributed by atoms with Crippen molar-refractivity contribution in [3.63, 3.8) is 0 Å². The quantitative estimate of drug-likeness (QED) is 0.636. The van der Waals surface area contributed by atoms with Crippen LogP contribution in [0.2, 0.25) is 0 Å². The summed E-state index contributed by atoms with van der Waals surface area (Å²) in [7, 11) is 1.12. The van der Waals surface area contributed by atoms with E-state index in [2.05, 4.69) is 9.72 Å². The number of rotatable bonds is 5. The number of ketones is 1. The molecule has 1 aromatic rings. The molecule has 0 fully saturated rings. The first-order valence-electron chi connectivity index (χ1n) is 6.21. The third-order valence-corrected chi connectivity index (χ3v) is 2.89. The van der Waals surface area contributed by atoms with Crippen LogP contribution in [-0.2, 0) is 16.0 Å². The van der Waals surface area contributed by atoms with Crippen LogP contribution in [0.1, 0.15) is 39.0 Å². The van der Waals surface area contributed by atoms with Gasteiger partial charge in [0, 0.05) is 12.6 Å². The number of hydrogen-bond acceptors (Lipinski definition) is 4. The van der Waals surface area contributed by atoms with Crippen LogP contribution in [0.4, 0.5) is 13.2 Å². The van der Waals surface area contributed by atoms with Crippen LogP contribution < -0.4 is 5.32 Å². The normalized spacial score (nSPS) is 11.2. The van der Waals surface area contributed by atoms with Crippen molar-refractivity contribution in [1.29, 1.82) is 0 Å². The van der Waals surface area contributed by atoms with Gasteiger partial charge in [0.25, 0.3) is 0 Å². The minimum atomic E-state index is -4.53. The zero-order chi connectivity index (χ0) is 17.1. The molecule has 0 atom stereocenters. The first-order valence-corrected chi connectivity index (χ1v) is 6.21. The number of esters is 1. The molecule has 0 bridgehead atoms. The van der Waals surface area contributed by atoms with Crippen molar-refractivity contribution in [1.82, 2.24) is 10.3 Å². The molecule has 1 aromatic heterocycles. The number of halogens is 3. The van der Waals surface area contributed by atoms with Crippen molar-refractivity contribution < 1.29 is 32.3 Å². The Kier molecular flexibility index (Phi) is 5.34. The van der Waals surface area contributed by atoms with Gasteiger partial charge in [0.1, 0.15) is 6.54 Å². The number of aromatic amines is 1. The lowest BCUT2D eigenvalue weighted by Crippen LogP contribution is -2.35. The van der Waals surface area contributed by atoms with Crippen LogP contribution in [0, 0.1) is 6.92 Å². The molecule has 0 saturated carbocycles. The van der Waals surface area contributed by atoms with Gasteiger partial charge in [0.15, 0.2) is 5.78 Å². The number of alkyl halides is 3. The highest BCUT2D eigenvalue weighted by Gasteiger charge is 2.29. The Balaban J connectivity index is 3.03. The fourth-order valence-electron chi connectivity index (χ4n) is 1.94. The second-order valence-electron chi connectivity index (χ2n) is 4.60. The Hall–Kier alpha value is -2.32. The number of H-pyrrole nitrogens is 1. The summed E-state index contributed by atoms with van der Waals surface area (Å²) in [6.45, 7) is 1.27. The Morgan fingerprint density at radius 2 is 1.86 bits per heavy atom. The topological polar surface area (TPSA) is 88.3 Å². The lowest BCUT2D eigenvalue weighted by molar-refractivity contribution is -0.138. The maximum absolute atomic E-state index is 12.0. The van der Waals surface area contributed by atoms with Gasteiger partial charge < -0.3 is 15.0 Å². The molecular weight excluding hydrogens is 305 g/mol. The van der Waals surface area contributed by atoms with E-state index in [-0.39, 0.29) is 28.3 Å². The number of aromatic nitrogens is 1. The van der Waals surface area contributed by atoms with E-state index in [0.29, 0.717) is 0 Å². The summed E-state index contributed by atoms with van der Waals surface area (Å²) in [5.41, 5.74) is 0.418. The predicted molar refractivity (Wildman–Crippen MR) is 69.6 cm³/mol. The highest BCUT2D eigenvalue weighted by atomic mass is 19.4. The first kappa shape index (κ1) is 17.7. The Morgan fingerprint density at radius 1 is 1.27 bits per heavy atom. The van der Waals surface area contributed by atoms with Crippen molar-refractivity contribution in [2.45, 2.75) is 26.4 Å². The smallest absolute Gasteiger partial charge is 0.405 e. The van der Waals surface area contributed by atoms with E-state index >= 15 is 0 Å². The number of nitrogens with one attached hydrogen (secondary N) is 2. The Morgan fingerprint density at radius 3 is 2.32 bits per heavy atom. The number of amides is 1. The molecule has 0 aliphatic rings. The van der Waals surface area contributed by atoms with Gasteiger partial charge in [-0.3, -0.25) is 9.59 Å². The maximum Gasteiger partial charge on any atom is 0.405 e. The lowest BCUT2D eigenvalue weighted by Gasteiger charge is -2.08. The summed E-state index contributed by atoms with van der Waals surface area (Å²) < 4.78 is 40.7. The number of carbonyl (C=O) groups is 3. The summed E-state index contributed by atoms with van der Waals surface area (Å²) >= 11 is 0. The minimum Gasteiger partial charge on any atom is -0.465 e. The number of ether oxygens (including phenoxy) is 1. The summed E-state index contributed by atoms with van der Waals surface area (Å²) in [6.07, 6.45) is -5.04. The number of Topliss-reactive ketones (excluding diaryl/α,β-unsaturated/α-hetero) is 1. The molecule has 0 aliphatic heterocycles. The molecule has 0 radical (unpaired) electrons. The molecule has 1 amide bonds. The molecule has 6 nitrogen and oxygen atoms in total. The second kappa shape index (κ2) is 6.63. The average molecular weight is 320 g/mol. The van der Waals surface area contributed by atoms with Gasteiger partial charge in [-0.05, 0) is 12.5 Å². The summed E-state index contributed by atoms with van der Waals surface area (Å²) in [5, 5.41) is 1.69. The predicted octanol–water partition coefficient (Wildman–Crippen LogP) is 1.53. The largest absolute Gasteiger partial charge is 0.465 e. The summed E-state index contributed by atoms with van der Waals surface area (Å²) in [6, 6.07) is 0. The lowest BCUT2D eigenvalue weighted by atomic mass is 10.1. The van der Waals surface area contributed by atoms with E-state index in [0.717, 1.165) is 7.11 Å². The van der Waals surface area contributed by atoms with Crippen LogP contribution in [-0.4, -0.2) is 42.5 Å². The molecule has 0 aliphatic carbocycles. The molecule has 0 saturated heterocycles. The minimum absolute atomic E-state index is 0.0186. The molecule has 2 N–H and O–H groups in total. The van der Waals surface area contributed by atoms with Crippen LogP contribution in [0.5, 0.6) is 0 Å². The monoisotopic (exact) mass is 320 g/mol. The van der Waals surface area contributed by atoms with Gasteiger partial charge in [-0.15, -0.1) is 0 Å². The van der Waals surface area contributed by atoms with Gasteiger partial charge in [0.05, 0.1) is 24.8 Å². The molecule has 22 heavy (non-hydrogen) atoms. The number of carbonyl (C=O) groups excluding carboxylic acids is 3. The standard InChI is InChI=1S/C13H15F3N2O4/c1-6-10(12(21)22-3)8(18-11(6)7(2)19)4-9(20)17-5-13(14,15)16/h18H,4-5H2,1-3H3,(H,17,20). The molecule has 9 heteroatoms. The molecule has 1 heterocycles. The van der Waals surface area contributed by atoms with E-state index < -0.39 is 31.0 Å². The van der Waals surface area contributed by atoms with Gasteiger partial charge in [0.2, 0.25) is 5.91 Å². The van der Waals surface area contributed by atoms with Gasteiger partial charge in [-0.2, -0.15) is 13.2 Å². The SMILES string of the molecule is COC(=O)c1c(CC(=O)NCC(F)(F)F)[nH]c(C(C)=O)c1C. The van der Waals surface area contributed by atoms with Crippen molar-refractivity contribution in [3.8, 4) is 0 Å². The average Bonchev–Trinajstić information content (AvgIpc) is 2.72. The fraction of sp³-hybridized carbons (Fsp3) is 0.462. The van der Waals surface area contributed by atoms with Crippen molar-refractivity contribution in [2.75, 3.05) is 13.7 Å². The van der Waals surface area contributed by atoms with E-state index in [9.17, 15) is 27.6 Å². The van der Waals surface area contributed by atoms with Crippen LogP contribution in [0.15, 0.2) is 0 Å². The van der Waals surface area contributed by atoms with Crippen LogP contribution in [0.25, 0.3) is 0 Å². The van der Waals surface area contributed by atoms with Crippen molar-refractivity contribution in [2.24, 2.45) is 0 Å². The molecule has 0 aromatic carbocycles. The molecular formula is C13H15F3N2O4. The molecule has 0 spiro atoms. The van der Waals surface area contributed by atoms with Gasteiger partial charge in [-0.25, -0.2) is 4.79 Å². The highest BCUT2D eigenvalue weighted by Crippen LogP contribution is 2.21. The maximum atomic E-state index is 12.0. The van der Waals surface area contributed by atoms with E-state index in [1.54, 1.807) is 5.32 Å². The van der Waals surface area contributed by atoms with E-state index in [1.165, 1.54) is 13.8 Å². The fourth-order valence-corrected chi connectivity index (χ4v) is 1.94. The highest BCUT2D eigenvalue weighted by molar-refractivity contribution is 6.01. The van der Waals surface area contributed by atoms with E-state index in [4.69, 9.17) is 0 Å². The number of methoxy groups -OCH3 is 1. The van der Waals surface area contributed by atoms with Crippen LogP contribution in [0.3, 0.4) is 0 Å². The Labute approximate surface area is 124 Å². The second-order valence-corrected chi connectivity index (χ2v) is 4.60. The third-order valence-electron chi connectivity index (χ3n) is 2.89. The number of hydrogen-bond donors (Lipinski definition) is 2. The van der Waals surface area contributed by atoms with Gasteiger partial charge >= 0.3 is 12.1 Å². The zero-order valence-electron chi connectivity index (χ0n) is 12.2. The van der Waals surface area contributed by atoms with Crippen LogP contribution >= 0.6 is 0 Å². The van der Waals surface area contributed by atoms with Crippen molar-refractivity contribution in [3.05, 3.63) is 22.5 Å². The van der Waals surface area contributed by atoms with Gasteiger partial charge in [-0.1, -0.05) is 0 Å². The molecule has 122 valence electrons. The summed E-state index contributed by atoms with van der Waals surface area (Å²) in [4.78, 5) is 37.3. The van der Waals surface area contributed by atoms with Crippen molar-refractivity contribution >= 4 is 17.7 Å². The molecule has 1 rings (SSSR count). The van der Waals surface area contributed by atoms with E-state index in [1.807, 2.05) is 0 Å². The zero-order valence-corrected chi connectivity index (χ0v) is 12.2. The first-order chi connectivity index (χ1) is 10.1. The third kappa shape index (κ3) is 4.34. The molecule has 0 unspecified atom stereocenters. The Bertz CT molecular complexity index is 605. The summed E-state index contributed by atoms with van der Waals surface area (Å²) in [5.74, 6) is -2.08.